The zero-order chi connectivity index (χ0) is 36.6. The number of rotatable bonds is 7. The van der Waals surface area contributed by atoms with E-state index in [0.29, 0.717) is 29.0 Å². The molecule has 0 atom stereocenters. The molecule has 0 N–H and O–H groups in total. The van der Waals surface area contributed by atoms with Crippen molar-refractivity contribution in [3.05, 3.63) is 188 Å². The largest absolute Gasteiger partial charge is 0.438 e. The van der Waals surface area contributed by atoms with Crippen LogP contribution in [0.5, 0.6) is 0 Å². The van der Waals surface area contributed by atoms with Crippen molar-refractivity contribution in [2.24, 2.45) is 0 Å². The van der Waals surface area contributed by atoms with Crippen molar-refractivity contribution in [2.45, 2.75) is 0 Å². The molecule has 0 saturated heterocycles. The molecule has 0 aliphatic rings. The summed E-state index contributed by atoms with van der Waals surface area (Å²) in [6.45, 7) is 0. The monoisotopic (exact) mass is 705 g/mol. The number of furan rings is 1. The lowest BCUT2D eigenvalue weighted by Gasteiger charge is -2.11. The van der Waals surface area contributed by atoms with Crippen LogP contribution in [-0.2, 0) is 0 Å². The third kappa shape index (κ3) is 6.22. The minimum absolute atomic E-state index is 0.578. The molecule has 0 spiro atoms. The van der Waals surface area contributed by atoms with E-state index in [-0.39, 0.29) is 0 Å². The number of para-hydroxylation sites is 1. The summed E-state index contributed by atoms with van der Waals surface area (Å²) in [4.78, 5) is 24.8. The quantitative estimate of drug-likeness (QED) is 0.164. The van der Waals surface area contributed by atoms with E-state index < -0.39 is 0 Å². The molecule has 10 rings (SSSR count). The topological polar surface area (TPSA) is 77.6 Å². The predicted octanol–water partition coefficient (Wildman–Crippen LogP) is 12.2. The molecule has 0 saturated carbocycles. The highest BCUT2D eigenvalue weighted by Crippen LogP contribution is 2.37. The van der Waals surface area contributed by atoms with E-state index in [2.05, 4.69) is 91.0 Å². The minimum atomic E-state index is 0.578. The summed E-state index contributed by atoms with van der Waals surface area (Å²) in [5.41, 5.74) is 11.3. The van der Waals surface area contributed by atoms with Crippen molar-refractivity contribution < 1.29 is 4.42 Å². The second-order valence-electron chi connectivity index (χ2n) is 13.3. The van der Waals surface area contributed by atoms with Crippen molar-refractivity contribution in [2.75, 3.05) is 0 Å². The molecule has 3 aromatic heterocycles. The highest BCUT2D eigenvalue weighted by molar-refractivity contribution is 6.10. The summed E-state index contributed by atoms with van der Waals surface area (Å²) in [6.07, 6.45) is 0. The molecule has 0 amide bonds. The second kappa shape index (κ2) is 13.8. The Labute approximate surface area is 317 Å². The summed E-state index contributed by atoms with van der Waals surface area (Å²) < 4.78 is 6.25. The van der Waals surface area contributed by atoms with Crippen LogP contribution >= 0.6 is 0 Å². The lowest BCUT2D eigenvalue weighted by atomic mass is 9.97. The number of benzene rings is 7. The maximum atomic E-state index is 6.25. The van der Waals surface area contributed by atoms with Crippen LogP contribution in [0.25, 0.3) is 101 Å². The molecular formula is C49H31N5O. The number of hydrogen-bond donors (Lipinski definition) is 0. The third-order valence-electron chi connectivity index (χ3n) is 9.78. The number of fused-ring (bicyclic) bond motifs is 3. The third-order valence-corrected chi connectivity index (χ3v) is 9.78. The van der Waals surface area contributed by atoms with Gasteiger partial charge in [-0.1, -0.05) is 170 Å². The first-order valence-corrected chi connectivity index (χ1v) is 18.2. The van der Waals surface area contributed by atoms with Crippen LogP contribution < -0.4 is 0 Å². The molecule has 6 nitrogen and oxygen atoms in total. The average Bonchev–Trinajstić information content (AvgIpc) is 3.66. The van der Waals surface area contributed by atoms with Gasteiger partial charge in [-0.25, -0.2) is 19.9 Å². The number of nitrogens with zero attached hydrogens (tertiary/aromatic N) is 5. The summed E-state index contributed by atoms with van der Waals surface area (Å²) in [5.74, 6) is 2.52. The zero-order valence-electron chi connectivity index (χ0n) is 29.5. The lowest BCUT2D eigenvalue weighted by Crippen LogP contribution is -2.00. The second-order valence-corrected chi connectivity index (χ2v) is 13.3. The SMILES string of the molecule is c1ccc(-c2nc(-c3ccccc3)nc(-c3cccc(-c4cccc(-c5ccc(-c6nc(-c7ccccc7)c7c(n6)oc6ccccc67)cc5)c4)c3)n2)cc1. The van der Waals surface area contributed by atoms with Gasteiger partial charge in [0.15, 0.2) is 23.3 Å². The van der Waals surface area contributed by atoms with Crippen LogP contribution in [0.3, 0.4) is 0 Å². The van der Waals surface area contributed by atoms with E-state index in [1.807, 2.05) is 97.1 Å². The Morgan fingerprint density at radius 3 is 1.33 bits per heavy atom. The molecule has 7 aromatic carbocycles. The van der Waals surface area contributed by atoms with E-state index in [0.717, 1.165) is 72.1 Å². The van der Waals surface area contributed by atoms with Crippen LogP contribution in [-0.4, -0.2) is 24.9 Å². The maximum absolute atomic E-state index is 6.25. The van der Waals surface area contributed by atoms with Gasteiger partial charge in [0.05, 0.1) is 11.1 Å². The molecular weight excluding hydrogens is 675 g/mol. The molecule has 6 heteroatoms. The molecule has 55 heavy (non-hydrogen) atoms. The number of aromatic nitrogens is 5. The Balaban J connectivity index is 0.989. The fourth-order valence-corrected chi connectivity index (χ4v) is 7.02. The van der Waals surface area contributed by atoms with Crippen molar-refractivity contribution in [3.8, 4) is 79.1 Å². The molecule has 10 aromatic rings. The van der Waals surface area contributed by atoms with Gasteiger partial charge < -0.3 is 4.42 Å². The Hall–Kier alpha value is -7.57. The van der Waals surface area contributed by atoms with E-state index in [1.54, 1.807) is 0 Å². The minimum Gasteiger partial charge on any atom is -0.438 e. The molecule has 0 bridgehead atoms. The van der Waals surface area contributed by atoms with Crippen molar-refractivity contribution in [1.82, 2.24) is 24.9 Å². The van der Waals surface area contributed by atoms with E-state index in [9.17, 15) is 0 Å². The molecule has 258 valence electrons. The molecule has 0 unspecified atom stereocenters. The van der Waals surface area contributed by atoms with Gasteiger partial charge in [-0.2, -0.15) is 4.98 Å². The average molecular weight is 706 g/mol. The number of hydrogen-bond acceptors (Lipinski definition) is 6. The Morgan fingerprint density at radius 1 is 0.291 bits per heavy atom. The highest BCUT2D eigenvalue weighted by atomic mass is 16.3. The Bertz CT molecular complexity index is 2900. The van der Waals surface area contributed by atoms with Crippen molar-refractivity contribution in [3.63, 3.8) is 0 Å². The van der Waals surface area contributed by atoms with Gasteiger partial charge in [-0.3, -0.25) is 0 Å². The van der Waals surface area contributed by atoms with Gasteiger partial charge in [-0.15, -0.1) is 0 Å². The van der Waals surface area contributed by atoms with Gasteiger partial charge in [0.1, 0.15) is 5.58 Å². The molecule has 0 fully saturated rings. The predicted molar refractivity (Wildman–Crippen MR) is 221 cm³/mol. The summed E-state index contributed by atoms with van der Waals surface area (Å²) in [7, 11) is 0. The van der Waals surface area contributed by atoms with E-state index in [1.165, 1.54) is 0 Å². The van der Waals surface area contributed by atoms with Gasteiger partial charge in [0.25, 0.3) is 0 Å². The first kappa shape index (κ1) is 32.1. The van der Waals surface area contributed by atoms with Crippen LogP contribution in [0, 0.1) is 0 Å². The normalized spacial score (nSPS) is 11.3. The molecule has 0 radical (unpaired) electrons. The summed E-state index contributed by atoms with van der Waals surface area (Å²) in [6, 6.07) is 63.7. The fraction of sp³-hybridized carbons (Fsp3) is 0. The molecule has 3 heterocycles. The van der Waals surface area contributed by atoms with Crippen LogP contribution in [0.1, 0.15) is 0 Å². The first-order chi connectivity index (χ1) is 27.2. The Kier molecular flexibility index (Phi) is 8.04. The first-order valence-electron chi connectivity index (χ1n) is 18.2. The van der Waals surface area contributed by atoms with E-state index in [4.69, 9.17) is 29.3 Å². The van der Waals surface area contributed by atoms with Crippen molar-refractivity contribution in [1.29, 1.82) is 0 Å². The summed E-state index contributed by atoms with van der Waals surface area (Å²) >= 11 is 0. The molecule has 0 aliphatic carbocycles. The lowest BCUT2D eigenvalue weighted by molar-refractivity contribution is 0.653. The highest BCUT2D eigenvalue weighted by Gasteiger charge is 2.18. The van der Waals surface area contributed by atoms with Crippen molar-refractivity contribution >= 4 is 22.1 Å². The van der Waals surface area contributed by atoms with Gasteiger partial charge >= 0.3 is 0 Å². The smallest absolute Gasteiger partial charge is 0.231 e. The standard InChI is InChI=1S/C49H31N5O/c1-4-14-33(15-5-1)44-43-41-24-10-11-25-42(41)55-49(43)54-45(50-44)36-28-26-32(27-29-36)37-20-12-21-38(30-37)39-22-13-23-40(31-39)48-52-46(34-16-6-2-7-17-34)51-47(53-48)35-18-8-3-9-19-35/h1-31H. The van der Waals surface area contributed by atoms with Gasteiger partial charge in [0, 0.05) is 33.2 Å². The van der Waals surface area contributed by atoms with E-state index >= 15 is 0 Å². The summed E-state index contributed by atoms with van der Waals surface area (Å²) in [5, 5.41) is 1.93. The maximum Gasteiger partial charge on any atom is 0.231 e. The van der Waals surface area contributed by atoms with Gasteiger partial charge in [0.2, 0.25) is 5.71 Å². The van der Waals surface area contributed by atoms with Crippen LogP contribution in [0.2, 0.25) is 0 Å². The zero-order valence-corrected chi connectivity index (χ0v) is 29.5. The fourth-order valence-electron chi connectivity index (χ4n) is 7.02. The van der Waals surface area contributed by atoms with Crippen LogP contribution in [0.15, 0.2) is 192 Å². The molecule has 0 aliphatic heterocycles. The van der Waals surface area contributed by atoms with Gasteiger partial charge in [-0.05, 0) is 40.5 Å². The Morgan fingerprint density at radius 2 is 0.709 bits per heavy atom. The van der Waals surface area contributed by atoms with Crippen LogP contribution in [0.4, 0.5) is 0 Å².